The molecule has 0 aliphatic heterocycles. The van der Waals surface area contributed by atoms with Gasteiger partial charge in [0.25, 0.3) is 0 Å². The molecule has 0 aliphatic rings. The van der Waals surface area contributed by atoms with Gasteiger partial charge in [-0.05, 0) is 30.7 Å². The average molecular weight is 259 g/mol. The molecule has 0 saturated heterocycles. The van der Waals surface area contributed by atoms with Crippen molar-refractivity contribution >= 4 is 21.6 Å². The predicted octanol–water partition coefficient (Wildman–Crippen LogP) is 1.92. The third kappa shape index (κ3) is 3.20. The molecule has 0 spiro atoms. The molecule has 0 saturated carbocycles. The highest BCUT2D eigenvalue weighted by molar-refractivity contribution is 7.89. The monoisotopic (exact) mass is 258 g/mol. The molecule has 16 heavy (non-hydrogen) atoms. The van der Waals surface area contributed by atoms with Crippen LogP contribution in [0.1, 0.15) is 13.3 Å². The molecule has 0 amide bonds. The van der Waals surface area contributed by atoms with Crippen LogP contribution in [-0.2, 0) is 10.0 Å². The molecule has 0 aliphatic carbocycles. The van der Waals surface area contributed by atoms with Crippen LogP contribution < -0.4 is 4.72 Å². The maximum Gasteiger partial charge on any atom is 0.241 e. The zero-order valence-corrected chi connectivity index (χ0v) is 10.2. The van der Waals surface area contributed by atoms with Crippen molar-refractivity contribution in [2.75, 3.05) is 0 Å². The normalized spacial score (nSPS) is 13.1. The summed E-state index contributed by atoms with van der Waals surface area (Å²) < 4.78 is 25.8. The van der Waals surface area contributed by atoms with E-state index in [1.54, 1.807) is 6.92 Å². The second kappa shape index (κ2) is 5.30. The molecule has 0 aromatic heterocycles. The Kier molecular flexibility index (Phi) is 4.30. The fraction of sp³-hybridized carbons (Fsp3) is 0.300. The van der Waals surface area contributed by atoms with Gasteiger partial charge in [-0.15, -0.1) is 0 Å². The second-order valence-electron chi connectivity index (χ2n) is 3.17. The van der Waals surface area contributed by atoms with E-state index in [0.29, 0.717) is 11.4 Å². The minimum absolute atomic E-state index is 0.102. The van der Waals surface area contributed by atoms with Crippen molar-refractivity contribution in [3.05, 3.63) is 29.3 Å². The van der Waals surface area contributed by atoms with E-state index in [1.165, 1.54) is 24.3 Å². The fourth-order valence-corrected chi connectivity index (χ4v) is 2.42. The maximum absolute atomic E-state index is 11.8. The van der Waals surface area contributed by atoms with Gasteiger partial charge >= 0.3 is 0 Å². The Hall–Kier alpha value is -1.09. The Morgan fingerprint density at radius 3 is 2.44 bits per heavy atom. The van der Waals surface area contributed by atoms with E-state index in [4.69, 9.17) is 16.9 Å². The molecule has 4 nitrogen and oxygen atoms in total. The molecule has 86 valence electrons. The van der Waals surface area contributed by atoms with Gasteiger partial charge in [0.1, 0.15) is 6.04 Å². The first-order chi connectivity index (χ1) is 7.49. The molecular formula is C10H11ClN2O2S. The molecule has 1 aromatic rings. The molecular weight excluding hydrogens is 248 g/mol. The van der Waals surface area contributed by atoms with Crippen molar-refractivity contribution in [2.45, 2.75) is 24.3 Å². The van der Waals surface area contributed by atoms with Gasteiger partial charge in [-0.25, -0.2) is 8.42 Å². The number of nitrogens with zero attached hydrogens (tertiary/aromatic N) is 1. The Bertz CT molecular complexity index is 491. The first-order valence-corrected chi connectivity index (χ1v) is 6.53. The molecule has 1 aromatic carbocycles. The van der Waals surface area contributed by atoms with Gasteiger partial charge < -0.3 is 0 Å². The van der Waals surface area contributed by atoms with Crippen LogP contribution in [0.5, 0.6) is 0 Å². The molecule has 1 atom stereocenters. The summed E-state index contributed by atoms with van der Waals surface area (Å²) in [4.78, 5) is 0.102. The van der Waals surface area contributed by atoms with Gasteiger partial charge in [0.05, 0.1) is 11.0 Å². The lowest BCUT2D eigenvalue weighted by molar-refractivity contribution is 0.569. The maximum atomic E-state index is 11.8. The highest BCUT2D eigenvalue weighted by atomic mass is 35.5. The number of hydrogen-bond acceptors (Lipinski definition) is 3. The Labute approximate surface area is 99.9 Å². The number of hydrogen-bond donors (Lipinski definition) is 1. The summed E-state index contributed by atoms with van der Waals surface area (Å²) in [5, 5.41) is 9.15. The summed E-state index contributed by atoms with van der Waals surface area (Å²) in [7, 11) is -3.63. The predicted molar refractivity (Wildman–Crippen MR) is 61.5 cm³/mol. The lowest BCUT2D eigenvalue weighted by Gasteiger charge is -2.09. The summed E-state index contributed by atoms with van der Waals surface area (Å²) in [6, 6.07) is 6.94. The van der Waals surface area contributed by atoms with Gasteiger partial charge in [-0.2, -0.15) is 9.98 Å². The van der Waals surface area contributed by atoms with E-state index >= 15 is 0 Å². The van der Waals surface area contributed by atoms with E-state index in [2.05, 4.69) is 4.72 Å². The summed E-state index contributed by atoms with van der Waals surface area (Å²) >= 11 is 5.65. The van der Waals surface area contributed by atoms with E-state index in [1.807, 2.05) is 6.07 Å². The number of benzene rings is 1. The first kappa shape index (κ1) is 13.0. The van der Waals surface area contributed by atoms with Crippen LogP contribution in [0.4, 0.5) is 0 Å². The van der Waals surface area contributed by atoms with E-state index in [9.17, 15) is 8.42 Å². The van der Waals surface area contributed by atoms with E-state index in [-0.39, 0.29) is 4.90 Å². The quantitative estimate of drug-likeness (QED) is 0.897. The number of rotatable bonds is 4. The summed E-state index contributed by atoms with van der Waals surface area (Å²) in [5.74, 6) is 0. The highest BCUT2D eigenvalue weighted by Gasteiger charge is 2.18. The Morgan fingerprint density at radius 2 is 2.00 bits per heavy atom. The number of nitriles is 1. The SMILES string of the molecule is CCC(C#N)NS(=O)(=O)c1ccc(Cl)cc1. The molecule has 1 N–H and O–H groups in total. The van der Waals surface area contributed by atoms with Crippen molar-refractivity contribution in [1.29, 1.82) is 5.26 Å². The molecule has 0 bridgehead atoms. The van der Waals surface area contributed by atoms with Crippen molar-refractivity contribution in [3.63, 3.8) is 0 Å². The Morgan fingerprint density at radius 1 is 1.44 bits per heavy atom. The smallest absolute Gasteiger partial charge is 0.207 e. The lowest BCUT2D eigenvalue weighted by Crippen LogP contribution is -2.33. The van der Waals surface area contributed by atoms with E-state index < -0.39 is 16.1 Å². The van der Waals surface area contributed by atoms with Crippen LogP contribution in [0, 0.1) is 11.3 Å². The van der Waals surface area contributed by atoms with Crippen LogP contribution in [0.3, 0.4) is 0 Å². The van der Waals surface area contributed by atoms with Gasteiger partial charge in [0.2, 0.25) is 10.0 Å². The van der Waals surface area contributed by atoms with Crippen LogP contribution in [0.2, 0.25) is 5.02 Å². The first-order valence-electron chi connectivity index (χ1n) is 4.67. The molecule has 1 unspecified atom stereocenters. The fourth-order valence-electron chi connectivity index (χ4n) is 1.07. The third-order valence-corrected chi connectivity index (χ3v) is 3.72. The Balaban J connectivity index is 2.95. The number of nitrogens with one attached hydrogen (secondary N) is 1. The van der Waals surface area contributed by atoms with Crippen LogP contribution in [0.15, 0.2) is 29.2 Å². The van der Waals surface area contributed by atoms with Crippen molar-refractivity contribution in [1.82, 2.24) is 4.72 Å². The molecule has 0 fully saturated rings. The summed E-state index contributed by atoms with van der Waals surface area (Å²) in [6.45, 7) is 1.73. The minimum Gasteiger partial charge on any atom is -0.207 e. The van der Waals surface area contributed by atoms with E-state index in [0.717, 1.165) is 0 Å². The minimum atomic E-state index is -3.63. The van der Waals surface area contributed by atoms with Gasteiger partial charge in [0.15, 0.2) is 0 Å². The third-order valence-electron chi connectivity index (χ3n) is 1.99. The number of sulfonamides is 1. The summed E-state index contributed by atoms with van der Waals surface area (Å²) in [6.07, 6.45) is 0.420. The van der Waals surface area contributed by atoms with Gasteiger partial charge in [-0.1, -0.05) is 18.5 Å². The lowest BCUT2D eigenvalue weighted by atomic mass is 10.3. The molecule has 0 radical (unpaired) electrons. The average Bonchev–Trinajstić information content (AvgIpc) is 2.26. The van der Waals surface area contributed by atoms with Crippen molar-refractivity contribution in [2.24, 2.45) is 0 Å². The molecule has 6 heteroatoms. The molecule has 1 rings (SSSR count). The van der Waals surface area contributed by atoms with Crippen LogP contribution in [0.25, 0.3) is 0 Å². The standard InChI is InChI=1S/C10H11ClN2O2S/c1-2-9(7-12)13-16(14,15)10-5-3-8(11)4-6-10/h3-6,9,13H,2H2,1H3. The zero-order chi connectivity index (χ0) is 12.2. The largest absolute Gasteiger partial charge is 0.241 e. The van der Waals surface area contributed by atoms with Crippen LogP contribution in [-0.4, -0.2) is 14.5 Å². The topological polar surface area (TPSA) is 70.0 Å². The van der Waals surface area contributed by atoms with Crippen molar-refractivity contribution in [3.8, 4) is 6.07 Å². The van der Waals surface area contributed by atoms with Gasteiger partial charge in [0, 0.05) is 5.02 Å². The second-order valence-corrected chi connectivity index (χ2v) is 5.32. The number of halogens is 1. The summed E-state index contributed by atoms with van der Waals surface area (Å²) in [5.41, 5.74) is 0. The van der Waals surface area contributed by atoms with Crippen LogP contribution >= 0.6 is 11.6 Å². The highest BCUT2D eigenvalue weighted by Crippen LogP contribution is 2.14. The molecule has 0 heterocycles. The van der Waals surface area contributed by atoms with Gasteiger partial charge in [-0.3, -0.25) is 0 Å². The van der Waals surface area contributed by atoms with Crippen molar-refractivity contribution < 1.29 is 8.42 Å². The zero-order valence-electron chi connectivity index (χ0n) is 8.64.